The van der Waals surface area contributed by atoms with Crippen LogP contribution in [0.4, 0.5) is 0 Å². The first-order valence-electron chi connectivity index (χ1n) is 9.47. The highest BCUT2D eigenvalue weighted by atomic mass is 32.1. The van der Waals surface area contributed by atoms with Gasteiger partial charge in [-0.05, 0) is 24.5 Å². The summed E-state index contributed by atoms with van der Waals surface area (Å²) < 4.78 is 1.29. The Morgan fingerprint density at radius 1 is 1.24 bits per heavy atom. The zero-order chi connectivity index (χ0) is 21.0. The standard InChI is InChI=1S/C21H24N4O3S/c1-4-10-22-16(26)12-25-13-23-19-17(20(25)27)14(2)18(29-19)21(28)24(3)11-15-8-6-5-7-9-15/h5-9,13H,4,10-12H2,1-3H3,(H,22,26). The van der Waals surface area contributed by atoms with E-state index < -0.39 is 0 Å². The van der Waals surface area contributed by atoms with Gasteiger partial charge in [-0.25, -0.2) is 4.98 Å². The normalized spacial score (nSPS) is 10.9. The van der Waals surface area contributed by atoms with E-state index >= 15 is 0 Å². The summed E-state index contributed by atoms with van der Waals surface area (Å²) in [7, 11) is 1.74. The zero-order valence-corrected chi connectivity index (χ0v) is 17.6. The van der Waals surface area contributed by atoms with Gasteiger partial charge in [0.1, 0.15) is 11.4 Å². The Hall–Kier alpha value is -3.00. The number of nitrogens with one attached hydrogen (secondary N) is 1. The molecule has 2 heterocycles. The second kappa shape index (κ2) is 9.00. The first-order chi connectivity index (χ1) is 13.9. The Bertz CT molecular complexity index is 1090. The fourth-order valence-electron chi connectivity index (χ4n) is 3.05. The van der Waals surface area contributed by atoms with Crippen molar-refractivity contribution in [2.75, 3.05) is 13.6 Å². The second-order valence-electron chi connectivity index (χ2n) is 6.91. The van der Waals surface area contributed by atoms with Gasteiger partial charge in [0.2, 0.25) is 5.91 Å². The summed E-state index contributed by atoms with van der Waals surface area (Å²) >= 11 is 1.21. The summed E-state index contributed by atoms with van der Waals surface area (Å²) in [5, 5.41) is 3.15. The van der Waals surface area contributed by atoms with Crippen LogP contribution in [0.5, 0.6) is 0 Å². The molecule has 0 fully saturated rings. The van der Waals surface area contributed by atoms with Crippen LogP contribution in [0.3, 0.4) is 0 Å². The number of rotatable bonds is 7. The number of benzene rings is 1. The smallest absolute Gasteiger partial charge is 0.264 e. The lowest BCUT2D eigenvalue weighted by atomic mass is 10.2. The molecule has 8 heteroatoms. The molecule has 1 aromatic carbocycles. The maximum Gasteiger partial charge on any atom is 0.264 e. The summed E-state index contributed by atoms with van der Waals surface area (Å²) in [4.78, 5) is 44.8. The van der Waals surface area contributed by atoms with Crippen molar-refractivity contribution in [3.63, 3.8) is 0 Å². The largest absolute Gasteiger partial charge is 0.355 e. The average molecular weight is 413 g/mol. The Morgan fingerprint density at radius 2 is 1.97 bits per heavy atom. The molecular weight excluding hydrogens is 388 g/mol. The highest BCUT2D eigenvalue weighted by Gasteiger charge is 2.22. The van der Waals surface area contributed by atoms with Gasteiger partial charge >= 0.3 is 0 Å². The van der Waals surface area contributed by atoms with Crippen LogP contribution in [0.15, 0.2) is 41.5 Å². The summed E-state index contributed by atoms with van der Waals surface area (Å²) in [6, 6.07) is 9.72. The Labute approximate surface area is 173 Å². The topological polar surface area (TPSA) is 84.3 Å². The highest BCUT2D eigenvalue weighted by molar-refractivity contribution is 7.20. The van der Waals surface area contributed by atoms with Gasteiger partial charge in [0.25, 0.3) is 11.5 Å². The van der Waals surface area contributed by atoms with Crippen molar-refractivity contribution in [3.8, 4) is 0 Å². The van der Waals surface area contributed by atoms with E-state index in [4.69, 9.17) is 0 Å². The third-order valence-electron chi connectivity index (χ3n) is 4.61. The minimum Gasteiger partial charge on any atom is -0.355 e. The minimum absolute atomic E-state index is 0.0890. The molecule has 0 spiro atoms. The van der Waals surface area contributed by atoms with Gasteiger partial charge < -0.3 is 10.2 Å². The molecule has 0 bridgehead atoms. The molecular formula is C21H24N4O3S. The van der Waals surface area contributed by atoms with Gasteiger partial charge in [0, 0.05) is 20.1 Å². The molecule has 0 saturated carbocycles. The van der Waals surface area contributed by atoms with Crippen LogP contribution in [0.2, 0.25) is 0 Å². The predicted molar refractivity (Wildman–Crippen MR) is 114 cm³/mol. The molecule has 1 N–H and O–H groups in total. The van der Waals surface area contributed by atoms with Crippen LogP contribution in [-0.2, 0) is 17.9 Å². The van der Waals surface area contributed by atoms with Crippen LogP contribution < -0.4 is 10.9 Å². The first-order valence-corrected chi connectivity index (χ1v) is 10.3. The van der Waals surface area contributed by atoms with E-state index in [0.29, 0.717) is 33.7 Å². The third-order valence-corrected chi connectivity index (χ3v) is 5.79. The van der Waals surface area contributed by atoms with Crippen LogP contribution in [0, 0.1) is 6.92 Å². The summed E-state index contributed by atoms with van der Waals surface area (Å²) in [5.74, 6) is -0.386. The molecule has 2 aromatic heterocycles. The van der Waals surface area contributed by atoms with E-state index in [1.165, 1.54) is 22.2 Å². The highest BCUT2D eigenvalue weighted by Crippen LogP contribution is 2.28. The van der Waals surface area contributed by atoms with Crippen LogP contribution in [0.25, 0.3) is 10.2 Å². The van der Waals surface area contributed by atoms with Crippen molar-refractivity contribution in [1.82, 2.24) is 19.8 Å². The average Bonchev–Trinajstić information content (AvgIpc) is 3.05. The number of aromatic nitrogens is 2. The molecule has 152 valence electrons. The monoisotopic (exact) mass is 412 g/mol. The molecule has 3 rings (SSSR count). The maximum atomic E-state index is 13.0. The Balaban J connectivity index is 1.87. The zero-order valence-electron chi connectivity index (χ0n) is 16.8. The van der Waals surface area contributed by atoms with Crippen molar-refractivity contribution < 1.29 is 9.59 Å². The minimum atomic E-state index is -0.305. The Kier molecular flexibility index (Phi) is 6.43. The van der Waals surface area contributed by atoms with E-state index in [1.54, 1.807) is 18.9 Å². The molecule has 0 aliphatic heterocycles. The molecule has 29 heavy (non-hydrogen) atoms. The number of amides is 2. The van der Waals surface area contributed by atoms with Crippen molar-refractivity contribution in [3.05, 3.63) is 63.0 Å². The van der Waals surface area contributed by atoms with Gasteiger partial charge in [-0.1, -0.05) is 37.3 Å². The number of thiophene rings is 1. The molecule has 0 atom stereocenters. The summed E-state index contributed by atoms with van der Waals surface area (Å²) in [6.07, 6.45) is 2.19. The fraction of sp³-hybridized carbons (Fsp3) is 0.333. The summed E-state index contributed by atoms with van der Waals surface area (Å²) in [6.45, 7) is 4.67. The third kappa shape index (κ3) is 4.54. The number of aryl methyl sites for hydroxylation is 1. The van der Waals surface area contributed by atoms with Crippen molar-refractivity contribution in [2.45, 2.75) is 33.4 Å². The van der Waals surface area contributed by atoms with Crippen molar-refractivity contribution in [1.29, 1.82) is 0 Å². The number of nitrogens with zero attached hydrogens (tertiary/aromatic N) is 3. The van der Waals surface area contributed by atoms with Gasteiger partial charge in [-0.3, -0.25) is 19.0 Å². The number of hydrogen-bond acceptors (Lipinski definition) is 5. The molecule has 0 unspecified atom stereocenters. The van der Waals surface area contributed by atoms with E-state index in [1.807, 2.05) is 37.3 Å². The number of carbonyl (C=O) groups excluding carboxylic acids is 2. The maximum absolute atomic E-state index is 13.0. The van der Waals surface area contributed by atoms with E-state index in [0.717, 1.165) is 12.0 Å². The molecule has 3 aromatic rings. The Morgan fingerprint density at radius 3 is 2.66 bits per heavy atom. The molecule has 7 nitrogen and oxygen atoms in total. The first kappa shape index (κ1) is 20.7. The molecule has 0 aliphatic carbocycles. The lowest BCUT2D eigenvalue weighted by Crippen LogP contribution is -2.32. The van der Waals surface area contributed by atoms with Crippen LogP contribution in [-0.4, -0.2) is 39.9 Å². The van der Waals surface area contributed by atoms with Gasteiger partial charge in [0.15, 0.2) is 0 Å². The fourth-order valence-corrected chi connectivity index (χ4v) is 4.19. The van der Waals surface area contributed by atoms with Crippen molar-refractivity contribution >= 4 is 33.4 Å². The van der Waals surface area contributed by atoms with Crippen LogP contribution in [0.1, 0.15) is 34.1 Å². The molecule has 0 radical (unpaired) electrons. The molecule has 0 saturated heterocycles. The van der Waals surface area contributed by atoms with Crippen molar-refractivity contribution in [2.24, 2.45) is 0 Å². The van der Waals surface area contributed by atoms with Crippen LogP contribution >= 0.6 is 11.3 Å². The van der Waals surface area contributed by atoms with E-state index in [9.17, 15) is 14.4 Å². The van der Waals surface area contributed by atoms with Gasteiger partial charge in [-0.2, -0.15) is 0 Å². The molecule has 0 aliphatic rings. The summed E-state index contributed by atoms with van der Waals surface area (Å²) in [5.41, 5.74) is 1.33. The van der Waals surface area contributed by atoms with Gasteiger partial charge in [-0.15, -0.1) is 11.3 Å². The molecule has 2 amide bonds. The van der Waals surface area contributed by atoms with E-state index in [2.05, 4.69) is 10.3 Å². The second-order valence-corrected chi connectivity index (χ2v) is 7.91. The number of carbonyl (C=O) groups is 2. The lowest BCUT2D eigenvalue weighted by molar-refractivity contribution is -0.121. The SMILES string of the molecule is CCCNC(=O)Cn1cnc2sc(C(=O)N(C)Cc3ccccc3)c(C)c2c1=O. The predicted octanol–water partition coefficient (Wildman–Crippen LogP) is 2.56. The van der Waals surface area contributed by atoms with E-state index in [-0.39, 0.29) is 23.9 Å². The number of hydrogen-bond donors (Lipinski definition) is 1. The number of fused-ring (bicyclic) bond motifs is 1. The quantitative estimate of drug-likeness (QED) is 0.646. The van der Waals surface area contributed by atoms with Gasteiger partial charge in [0.05, 0.1) is 16.6 Å². The lowest BCUT2D eigenvalue weighted by Gasteiger charge is -2.16.